The van der Waals surface area contributed by atoms with E-state index in [0.717, 1.165) is 10.9 Å². The summed E-state index contributed by atoms with van der Waals surface area (Å²) in [5.74, 6) is -0.336. The van der Waals surface area contributed by atoms with E-state index in [-0.39, 0.29) is 11.3 Å². The number of ether oxygens (including phenoxy) is 1. The van der Waals surface area contributed by atoms with Crippen LogP contribution in [-0.4, -0.2) is 16.1 Å². The monoisotopic (exact) mass is 299 g/mol. The van der Waals surface area contributed by atoms with Crippen molar-refractivity contribution in [2.75, 3.05) is 0 Å². The van der Waals surface area contributed by atoms with Gasteiger partial charge in [0.05, 0.1) is 5.52 Å². The van der Waals surface area contributed by atoms with Gasteiger partial charge in [0, 0.05) is 22.7 Å². The van der Waals surface area contributed by atoms with Gasteiger partial charge in [-0.15, -0.1) is 0 Å². The Labute approximate surface area is 125 Å². The Bertz CT molecular complexity index is 827. The molecule has 0 saturated carbocycles. The van der Waals surface area contributed by atoms with E-state index >= 15 is 0 Å². The van der Waals surface area contributed by atoms with Crippen LogP contribution in [-0.2, 0) is 0 Å². The van der Waals surface area contributed by atoms with Gasteiger partial charge in [0.15, 0.2) is 0 Å². The zero-order chi connectivity index (χ0) is 14.8. The summed E-state index contributed by atoms with van der Waals surface area (Å²) in [7, 11) is 0. The van der Waals surface area contributed by atoms with Gasteiger partial charge in [-0.2, -0.15) is 0 Å². The summed E-state index contributed by atoms with van der Waals surface area (Å²) in [4.78, 5) is 15.5. The number of carboxylic acids is 1. The molecule has 21 heavy (non-hydrogen) atoms. The van der Waals surface area contributed by atoms with Gasteiger partial charge in [-0.1, -0.05) is 23.7 Å². The lowest BCUT2D eigenvalue weighted by Crippen LogP contribution is -2.00. The molecule has 3 rings (SSSR count). The molecule has 1 N–H and O–H groups in total. The Kier molecular flexibility index (Phi) is 3.46. The normalized spacial score (nSPS) is 10.5. The number of benzene rings is 2. The predicted molar refractivity (Wildman–Crippen MR) is 80.2 cm³/mol. The Morgan fingerprint density at radius 1 is 1.10 bits per heavy atom. The first-order valence-corrected chi connectivity index (χ1v) is 6.57. The molecule has 0 fully saturated rings. The molecule has 0 bridgehead atoms. The smallest absolute Gasteiger partial charge is 0.339 e. The molecule has 0 aliphatic heterocycles. The fourth-order valence-electron chi connectivity index (χ4n) is 2.03. The van der Waals surface area contributed by atoms with Gasteiger partial charge in [0.2, 0.25) is 0 Å². The first-order valence-electron chi connectivity index (χ1n) is 6.19. The number of aromatic carboxylic acids is 1. The molecule has 5 heteroatoms. The summed E-state index contributed by atoms with van der Waals surface area (Å²) < 4.78 is 5.76. The fraction of sp³-hybridized carbons (Fsp3) is 0. The summed E-state index contributed by atoms with van der Waals surface area (Å²) in [5.41, 5.74) is 0.828. The van der Waals surface area contributed by atoms with E-state index in [9.17, 15) is 9.90 Å². The minimum Gasteiger partial charge on any atom is -0.478 e. The summed E-state index contributed by atoms with van der Waals surface area (Å²) in [6.45, 7) is 0. The van der Waals surface area contributed by atoms with Crippen LogP contribution in [0.4, 0.5) is 0 Å². The first kappa shape index (κ1) is 13.4. The highest BCUT2D eigenvalue weighted by atomic mass is 35.5. The van der Waals surface area contributed by atoms with Crippen molar-refractivity contribution in [1.82, 2.24) is 4.98 Å². The lowest BCUT2D eigenvalue weighted by Gasteiger charge is -2.11. The summed E-state index contributed by atoms with van der Waals surface area (Å²) >= 11 is 5.92. The third-order valence-electron chi connectivity index (χ3n) is 3.00. The second kappa shape index (κ2) is 5.42. The van der Waals surface area contributed by atoms with Crippen LogP contribution in [0.25, 0.3) is 10.9 Å². The minimum atomic E-state index is -1.07. The maximum Gasteiger partial charge on any atom is 0.339 e. The SMILES string of the molecule is O=C(O)c1ccc(Cl)cc1Oc1ccnc2ccccc12. The molecule has 3 aromatic rings. The van der Waals surface area contributed by atoms with E-state index in [1.165, 1.54) is 18.2 Å². The Balaban J connectivity index is 2.11. The van der Waals surface area contributed by atoms with Crippen molar-refractivity contribution in [2.24, 2.45) is 0 Å². The van der Waals surface area contributed by atoms with Crippen molar-refractivity contribution in [3.63, 3.8) is 0 Å². The summed E-state index contributed by atoms with van der Waals surface area (Å²) in [5, 5.41) is 10.4. The van der Waals surface area contributed by atoms with E-state index in [4.69, 9.17) is 16.3 Å². The molecular weight excluding hydrogens is 290 g/mol. The van der Waals surface area contributed by atoms with Crippen molar-refractivity contribution < 1.29 is 14.6 Å². The second-order valence-corrected chi connectivity index (χ2v) is 4.81. The number of aromatic nitrogens is 1. The number of rotatable bonds is 3. The highest BCUT2D eigenvalue weighted by molar-refractivity contribution is 6.30. The zero-order valence-corrected chi connectivity index (χ0v) is 11.5. The molecule has 0 amide bonds. The molecule has 0 spiro atoms. The van der Waals surface area contributed by atoms with Crippen LogP contribution in [0.1, 0.15) is 10.4 Å². The Morgan fingerprint density at radius 3 is 2.71 bits per heavy atom. The van der Waals surface area contributed by atoms with Gasteiger partial charge < -0.3 is 9.84 Å². The number of para-hydroxylation sites is 1. The van der Waals surface area contributed by atoms with E-state index in [0.29, 0.717) is 10.8 Å². The highest BCUT2D eigenvalue weighted by Crippen LogP contribution is 2.32. The van der Waals surface area contributed by atoms with Crippen LogP contribution in [0.2, 0.25) is 5.02 Å². The zero-order valence-electron chi connectivity index (χ0n) is 10.8. The molecule has 0 unspecified atom stereocenters. The maximum atomic E-state index is 11.3. The maximum absolute atomic E-state index is 11.3. The van der Waals surface area contributed by atoms with Crippen LogP contribution in [0, 0.1) is 0 Å². The number of hydrogen-bond donors (Lipinski definition) is 1. The second-order valence-electron chi connectivity index (χ2n) is 4.37. The van der Waals surface area contributed by atoms with Crippen LogP contribution in [0.5, 0.6) is 11.5 Å². The number of carboxylic acid groups (broad SMARTS) is 1. The van der Waals surface area contributed by atoms with Gasteiger partial charge in [-0.3, -0.25) is 4.98 Å². The average Bonchev–Trinajstić information content (AvgIpc) is 2.47. The third kappa shape index (κ3) is 2.66. The Morgan fingerprint density at radius 2 is 1.90 bits per heavy atom. The number of pyridine rings is 1. The number of fused-ring (bicyclic) bond motifs is 1. The number of hydrogen-bond acceptors (Lipinski definition) is 3. The van der Waals surface area contributed by atoms with Gasteiger partial charge in [-0.05, 0) is 30.3 Å². The molecular formula is C16H10ClNO3. The number of nitrogens with zero attached hydrogens (tertiary/aromatic N) is 1. The molecule has 1 aromatic heterocycles. The van der Waals surface area contributed by atoms with Crippen LogP contribution >= 0.6 is 11.6 Å². The minimum absolute atomic E-state index is 0.0558. The summed E-state index contributed by atoms with van der Waals surface area (Å²) in [6, 6.07) is 13.6. The predicted octanol–water partition coefficient (Wildman–Crippen LogP) is 4.38. The molecule has 1 heterocycles. The molecule has 0 atom stereocenters. The van der Waals surface area contributed by atoms with Crippen LogP contribution in [0.15, 0.2) is 54.7 Å². The van der Waals surface area contributed by atoms with Gasteiger partial charge in [0.1, 0.15) is 17.1 Å². The molecule has 0 radical (unpaired) electrons. The number of halogens is 1. The largest absolute Gasteiger partial charge is 0.478 e. The molecule has 104 valence electrons. The average molecular weight is 300 g/mol. The van der Waals surface area contributed by atoms with Gasteiger partial charge >= 0.3 is 5.97 Å². The third-order valence-corrected chi connectivity index (χ3v) is 3.24. The van der Waals surface area contributed by atoms with Gasteiger partial charge in [-0.25, -0.2) is 4.79 Å². The first-order chi connectivity index (χ1) is 10.1. The topological polar surface area (TPSA) is 59.4 Å². The molecule has 0 aliphatic carbocycles. The van der Waals surface area contributed by atoms with Crippen molar-refractivity contribution in [1.29, 1.82) is 0 Å². The lowest BCUT2D eigenvalue weighted by molar-refractivity contribution is 0.0694. The standard InChI is InChI=1S/C16H10ClNO3/c17-10-5-6-12(16(19)20)15(9-10)21-14-7-8-18-13-4-2-1-3-11(13)14/h1-9H,(H,19,20). The van der Waals surface area contributed by atoms with E-state index in [2.05, 4.69) is 4.98 Å². The fourth-order valence-corrected chi connectivity index (χ4v) is 2.20. The lowest BCUT2D eigenvalue weighted by atomic mass is 10.2. The van der Waals surface area contributed by atoms with Crippen molar-refractivity contribution in [3.05, 3.63) is 65.3 Å². The molecule has 0 aliphatic rings. The molecule has 0 saturated heterocycles. The van der Waals surface area contributed by atoms with Crippen molar-refractivity contribution >= 4 is 28.5 Å². The Hall–Kier alpha value is -2.59. The molecule has 2 aromatic carbocycles. The van der Waals surface area contributed by atoms with E-state index < -0.39 is 5.97 Å². The van der Waals surface area contributed by atoms with E-state index in [1.807, 2.05) is 24.3 Å². The highest BCUT2D eigenvalue weighted by Gasteiger charge is 2.14. The quantitative estimate of drug-likeness (QED) is 0.779. The number of carbonyl (C=O) groups is 1. The van der Waals surface area contributed by atoms with Crippen molar-refractivity contribution in [2.45, 2.75) is 0 Å². The van der Waals surface area contributed by atoms with Gasteiger partial charge in [0.25, 0.3) is 0 Å². The van der Waals surface area contributed by atoms with E-state index in [1.54, 1.807) is 12.3 Å². The van der Waals surface area contributed by atoms with Crippen LogP contribution < -0.4 is 4.74 Å². The van der Waals surface area contributed by atoms with Crippen molar-refractivity contribution in [3.8, 4) is 11.5 Å². The molecule has 4 nitrogen and oxygen atoms in total. The summed E-state index contributed by atoms with van der Waals surface area (Å²) in [6.07, 6.45) is 1.61. The van der Waals surface area contributed by atoms with Crippen LogP contribution in [0.3, 0.4) is 0 Å².